The topological polar surface area (TPSA) is 106 Å². The van der Waals surface area contributed by atoms with E-state index in [2.05, 4.69) is 20.1 Å². The van der Waals surface area contributed by atoms with E-state index in [-0.39, 0.29) is 5.91 Å². The van der Waals surface area contributed by atoms with E-state index in [1.807, 2.05) is 24.3 Å². The molecule has 1 atom stereocenters. The number of sulfonamides is 1. The van der Waals surface area contributed by atoms with Crippen LogP contribution in [-0.4, -0.2) is 41.4 Å². The minimum Gasteiger partial charge on any atom is -0.351 e. The van der Waals surface area contributed by atoms with E-state index < -0.39 is 16.1 Å². The highest BCUT2D eigenvalue weighted by molar-refractivity contribution is 7.88. The first-order valence-electron chi connectivity index (χ1n) is 6.54. The lowest BCUT2D eigenvalue weighted by molar-refractivity contribution is -0.122. The summed E-state index contributed by atoms with van der Waals surface area (Å²) in [4.78, 5) is 15.7. The molecule has 9 heteroatoms. The largest absolute Gasteiger partial charge is 0.351 e. The zero-order valence-electron chi connectivity index (χ0n) is 12.2. The maximum atomic E-state index is 11.8. The number of rotatable bonds is 6. The summed E-state index contributed by atoms with van der Waals surface area (Å²) in [5, 5.41) is 6.69. The molecule has 1 aromatic carbocycles. The SMILES string of the molecule is C[C@@H](NS(C)(=O)=O)C(=O)NCc1ccc(-n2cncn2)cc1. The quantitative estimate of drug-likeness (QED) is 0.767. The molecule has 0 unspecified atom stereocenters. The van der Waals surface area contributed by atoms with Crippen LogP contribution in [0.5, 0.6) is 0 Å². The van der Waals surface area contributed by atoms with Gasteiger partial charge in [0.25, 0.3) is 0 Å². The molecule has 22 heavy (non-hydrogen) atoms. The predicted molar refractivity (Wildman–Crippen MR) is 80.6 cm³/mol. The van der Waals surface area contributed by atoms with Crippen LogP contribution in [0.25, 0.3) is 5.69 Å². The lowest BCUT2D eigenvalue weighted by Gasteiger charge is -2.12. The van der Waals surface area contributed by atoms with Crippen LogP contribution in [0.3, 0.4) is 0 Å². The number of benzene rings is 1. The molecule has 0 fully saturated rings. The molecule has 118 valence electrons. The van der Waals surface area contributed by atoms with E-state index in [1.54, 1.807) is 11.0 Å². The standard InChI is InChI=1S/C13H17N5O3S/c1-10(17-22(2,20)21)13(19)15-7-11-3-5-12(6-4-11)18-9-14-8-16-18/h3-6,8-10,17H,7H2,1-2H3,(H,15,19)/t10-/m1/s1. The first-order chi connectivity index (χ1) is 10.3. The van der Waals surface area contributed by atoms with Crippen molar-refractivity contribution in [2.75, 3.05) is 6.26 Å². The zero-order valence-corrected chi connectivity index (χ0v) is 13.0. The van der Waals surface area contributed by atoms with Crippen molar-refractivity contribution in [3.05, 3.63) is 42.5 Å². The number of nitrogens with zero attached hydrogens (tertiary/aromatic N) is 3. The first kappa shape index (κ1) is 16.1. The van der Waals surface area contributed by atoms with Gasteiger partial charge in [-0.2, -0.15) is 5.10 Å². The fourth-order valence-electron chi connectivity index (χ4n) is 1.82. The van der Waals surface area contributed by atoms with Crippen LogP contribution >= 0.6 is 0 Å². The fourth-order valence-corrected chi connectivity index (χ4v) is 2.57. The maximum Gasteiger partial charge on any atom is 0.238 e. The molecule has 2 aromatic rings. The van der Waals surface area contributed by atoms with Gasteiger partial charge in [0.1, 0.15) is 12.7 Å². The van der Waals surface area contributed by atoms with Crippen molar-refractivity contribution in [3.63, 3.8) is 0 Å². The highest BCUT2D eigenvalue weighted by atomic mass is 32.2. The van der Waals surface area contributed by atoms with Gasteiger partial charge in [-0.25, -0.2) is 22.8 Å². The fraction of sp³-hybridized carbons (Fsp3) is 0.308. The normalized spacial score (nSPS) is 12.8. The summed E-state index contributed by atoms with van der Waals surface area (Å²) in [5.74, 6) is -0.384. The first-order valence-corrected chi connectivity index (χ1v) is 8.43. The van der Waals surface area contributed by atoms with Crippen LogP contribution in [-0.2, 0) is 21.4 Å². The van der Waals surface area contributed by atoms with Gasteiger partial charge in [-0.15, -0.1) is 0 Å². The van der Waals surface area contributed by atoms with Gasteiger partial charge >= 0.3 is 0 Å². The number of aromatic nitrogens is 3. The van der Waals surface area contributed by atoms with Gasteiger partial charge in [0.2, 0.25) is 15.9 Å². The van der Waals surface area contributed by atoms with Crippen molar-refractivity contribution in [2.24, 2.45) is 0 Å². The molecule has 0 radical (unpaired) electrons. The van der Waals surface area contributed by atoms with E-state index >= 15 is 0 Å². The molecule has 2 N–H and O–H groups in total. The predicted octanol–water partition coefficient (Wildman–Crippen LogP) is -0.179. The molecule has 0 saturated carbocycles. The van der Waals surface area contributed by atoms with Gasteiger partial charge in [-0.3, -0.25) is 4.79 Å². The molecular formula is C13H17N5O3S. The summed E-state index contributed by atoms with van der Waals surface area (Å²) < 4.78 is 26.0. The van der Waals surface area contributed by atoms with E-state index in [1.165, 1.54) is 13.3 Å². The third-order valence-corrected chi connectivity index (χ3v) is 3.65. The second kappa shape index (κ2) is 6.67. The van der Waals surface area contributed by atoms with E-state index in [0.717, 1.165) is 17.5 Å². The molecule has 0 saturated heterocycles. The lowest BCUT2D eigenvalue weighted by Crippen LogP contribution is -2.44. The minimum absolute atomic E-state index is 0.312. The Kier molecular flexibility index (Phi) is 4.88. The Morgan fingerprint density at radius 2 is 2.00 bits per heavy atom. The third kappa shape index (κ3) is 4.64. The highest BCUT2D eigenvalue weighted by Gasteiger charge is 2.16. The van der Waals surface area contributed by atoms with Crippen molar-refractivity contribution in [1.82, 2.24) is 24.8 Å². The van der Waals surface area contributed by atoms with Gasteiger partial charge in [0, 0.05) is 6.54 Å². The molecule has 2 rings (SSSR count). The van der Waals surface area contributed by atoms with Crippen LogP contribution in [0.15, 0.2) is 36.9 Å². The van der Waals surface area contributed by atoms with Crippen molar-refractivity contribution >= 4 is 15.9 Å². The number of carbonyl (C=O) groups excluding carboxylic acids is 1. The lowest BCUT2D eigenvalue weighted by atomic mass is 10.2. The summed E-state index contributed by atoms with van der Waals surface area (Å²) in [6.45, 7) is 1.80. The molecule has 0 aliphatic carbocycles. The smallest absolute Gasteiger partial charge is 0.238 e. The Balaban J connectivity index is 1.90. The van der Waals surface area contributed by atoms with E-state index in [9.17, 15) is 13.2 Å². The van der Waals surface area contributed by atoms with Gasteiger partial charge in [-0.1, -0.05) is 12.1 Å². The second-order valence-corrected chi connectivity index (χ2v) is 6.62. The van der Waals surface area contributed by atoms with Crippen molar-refractivity contribution < 1.29 is 13.2 Å². The summed E-state index contributed by atoms with van der Waals surface area (Å²) in [7, 11) is -3.41. The number of hydrogen-bond donors (Lipinski definition) is 2. The Morgan fingerprint density at radius 1 is 1.32 bits per heavy atom. The molecular weight excluding hydrogens is 306 g/mol. The summed E-state index contributed by atoms with van der Waals surface area (Å²) in [6, 6.07) is 6.60. The molecule has 0 spiro atoms. The average Bonchev–Trinajstić information content (AvgIpc) is 2.97. The Morgan fingerprint density at radius 3 is 2.55 bits per heavy atom. The van der Waals surface area contributed by atoms with E-state index in [0.29, 0.717) is 6.54 Å². The van der Waals surface area contributed by atoms with Gasteiger partial charge in [-0.05, 0) is 24.6 Å². The molecule has 1 amide bonds. The number of nitrogens with one attached hydrogen (secondary N) is 2. The number of hydrogen-bond acceptors (Lipinski definition) is 5. The monoisotopic (exact) mass is 323 g/mol. The summed E-state index contributed by atoms with van der Waals surface area (Å²) >= 11 is 0. The minimum atomic E-state index is -3.41. The summed E-state index contributed by atoms with van der Waals surface area (Å²) in [5.41, 5.74) is 1.75. The van der Waals surface area contributed by atoms with Gasteiger partial charge in [0.15, 0.2) is 0 Å². The average molecular weight is 323 g/mol. The van der Waals surface area contributed by atoms with Gasteiger partial charge < -0.3 is 5.32 Å². The summed E-state index contributed by atoms with van der Waals surface area (Å²) in [6.07, 6.45) is 4.05. The highest BCUT2D eigenvalue weighted by Crippen LogP contribution is 2.07. The second-order valence-electron chi connectivity index (χ2n) is 4.84. The van der Waals surface area contributed by atoms with Crippen molar-refractivity contribution in [2.45, 2.75) is 19.5 Å². The zero-order chi connectivity index (χ0) is 16.2. The number of carbonyl (C=O) groups is 1. The molecule has 0 aliphatic rings. The molecule has 0 bridgehead atoms. The van der Waals surface area contributed by atoms with Crippen molar-refractivity contribution in [1.29, 1.82) is 0 Å². The third-order valence-electron chi connectivity index (χ3n) is 2.87. The number of amides is 1. The van der Waals surface area contributed by atoms with Crippen molar-refractivity contribution in [3.8, 4) is 5.69 Å². The Bertz CT molecular complexity index is 726. The van der Waals surface area contributed by atoms with Crippen LogP contribution in [0.4, 0.5) is 0 Å². The maximum absolute atomic E-state index is 11.8. The van der Waals surface area contributed by atoms with Crippen LogP contribution < -0.4 is 10.0 Å². The molecule has 8 nitrogen and oxygen atoms in total. The van der Waals surface area contributed by atoms with Crippen LogP contribution in [0, 0.1) is 0 Å². The molecule has 1 aromatic heterocycles. The molecule has 0 aliphatic heterocycles. The van der Waals surface area contributed by atoms with Crippen LogP contribution in [0.2, 0.25) is 0 Å². The van der Waals surface area contributed by atoms with E-state index in [4.69, 9.17) is 0 Å². The molecule has 1 heterocycles. The van der Waals surface area contributed by atoms with Gasteiger partial charge in [0.05, 0.1) is 18.0 Å². The van der Waals surface area contributed by atoms with Crippen LogP contribution in [0.1, 0.15) is 12.5 Å². The Labute approximate surface area is 128 Å². The Hall–Kier alpha value is -2.26.